The first-order valence-corrected chi connectivity index (χ1v) is 4.91. The molecule has 2 nitrogen and oxygen atoms in total. The summed E-state index contributed by atoms with van der Waals surface area (Å²) in [6.45, 7) is 0.364. The highest BCUT2D eigenvalue weighted by Crippen LogP contribution is 2.14. The van der Waals surface area contributed by atoms with Gasteiger partial charge in [-0.15, -0.1) is 0 Å². The predicted octanol–water partition coefficient (Wildman–Crippen LogP) is 1.89. The third-order valence-electron chi connectivity index (χ3n) is 2.22. The van der Waals surface area contributed by atoms with Gasteiger partial charge in [0.2, 0.25) is 0 Å². The SMILES string of the molecule is CN(CC(F)F)c1ccc(CCN)cc1. The third-order valence-corrected chi connectivity index (χ3v) is 2.22. The third kappa shape index (κ3) is 3.83. The molecule has 0 aliphatic rings. The first-order valence-electron chi connectivity index (χ1n) is 4.91. The van der Waals surface area contributed by atoms with Crippen molar-refractivity contribution < 1.29 is 8.78 Å². The Hall–Kier alpha value is -1.16. The maximum absolute atomic E-state index is 12.1. The molecule has 1 rings (SSSR count). The Labute approximate surface area is 88.7 Å². The Morgan fingerprint density at radius 2 is 1.87 bits per heavy atom. The van der Waals surface area contributed by atoms with E-state index in [9.17, 15) is 8.78 Å². The Bertz CT molecular complexity index is 285. The first-order chi connectivity index (χ1) is 7.13. The van der Waals surface area contributed by atoms with E-state index in [1.807, 2.05) is 24.3 Å². The Morgan fingerprint density at radius 3 is 2.33 bits per heavy atom. The summed E-state index contributed by atoms with van der Waals surface area (Å²) in [6.07, 6.45) is -1.49. The fraction of sp³-hybridized carbons (Fsp3) is 0.455. The van der Waals surface area contributed by atoms with Gasteiger partial charge in [-0.3, -0.25) is 0 Å². The number of nitrogens with two attached hydrogens (primary N) is 1. The van der Waals surface area contributed by atoms with E-state index in [0.29, 0.717) is 6.54 Å². The minimum Gasteiger partial charge on any atom is -0.369 e. The normalized spacial score (nSPS) is 10.7. The number of anilines is 1. The maximum Gasteiger partial charge on any atom is 0.255 e. The summed E-state index contributed by atoms with van der Waals surface area (Å²) < 4.78 is 24.2. The van der Waals surface area contributed by atoms with Gasteiger partial charge in [0.1, 0.15) is 0 Å². The number of nitrogens with zero attached hydrogens (tertiary/aromatic N) is 1. The second-order valence-electron chi connectivity index (χ2n) is 3.48. The van der Waals surface area contributed by atoms with Crippen LogP contribution in [-0.2, 0) is 6.42 Å². The number of hydrogen-bond acceptors (Lipinski definition) is 2. The molecule has 15 heavy (non-hydrogen) atoms. The van der Waals surface area contributed by atoms with E-state index in [1.165, 1.54) is 4.90 Å². The molecule has 0 amide bonds. The van der Waals surface area contributed by atoms with Gasteiger partial charge in [0.05, 0.1) is 6.54 Å². The summed E-state index contributed by atoms with van der Waals surface area (Å²) in [4.78, 5) is 1.54. The lowest BCUT2D eigenvalue weighted by Crippen LogP contribution is -2.23. The van der Waals surface area contributed by atoms with E-state index in [1.54, 1.807) is 7.05 Å². The van der Waals surface area contributed by atoms with Gasteiger partial charge in [0, 0.05) is 12.7 Å². The predicted molar refractivity (Wildman–Crippen MR) is 58.5 cm³/mol. The van der Waals surface area contributed by atoms with E-state index >= 15 is 0 Å². The van der Waals surface area contributed by atoms with Crippen molar-refractivity contribution in [1.82, 2.24) is 0 Å². The Morgan fingerprint density at radius 1 is 1.27 bits per heavy atom. The molecule has 0 bridgehead atoms. The van der Waals surface area contributed by atoms with Crippen LogP contribution in [0.3, 0.4) is 0 Å². The Balaban J connectivity index is 2.62. The molecule has 0 spiro atoms. The van der Waals surface area contributed by atoms with Gasteiger partial charge in [0.25, 0.3) is 6.43 Å². The second-order valence-corrected chi connectivity index (χ2v) is 3.48. The zero-order chi connectivity index (χ0) is 11.3. The summed E-state index contributed by atoms with van der Waals surface area (Å²) in [6, 6.07) is 7.52. The van der Waals surface area contributed by atoms with Gasteiger partial charge in [-0.05, 0) is 30.7 Å². The van der Waals surface area contributed by atoms with Crippen LogP contribution in [0.2, 0.25) is 0 Å². The Kier molecular flexibility index (Phi) is 4.49. The van der Waals surface area contributed by atoms with Crippen molar-refractivity contribution in [3.05, 3.63) is 29.8 Å². The van der Waals surface area contributed by atoms with Crippen LogP contribution in [0.25, 0.3) is 0 Å². The van der Waals surface area contributed by atoms with Crippen molar-refractivity contribution in [3.63, 3.8) is 0 Å². The molecule has 1 aromatic carbocycles. The molecule has 0 aliphatic carbocycles. The topological polar surface area (TPSA) is 29.3 Å². The second kappa shape index (κ2) is 5.66. The van der Waals surface area contributed by atoms with Crippen molar-refractivity contribution in [2.45, 2.75) is 12.8 Å². The molecule has 0 saturated carbocycles. The number of benzene rings is 1. The molecule has 0 heterocycles. The summed E-state index contributed by atoms with van der Waals surface area (Å²) in [7, 11) is 1.66. The highest BCUT2D eigenvalue weighted by atomic mass is 19.3. The van der Waals surface area contributed by atoms with E-state index in [-0.39, 0.29) is 6.54 Å². The minimum atomic E-state index is -2.31. The van der Waals surface area contributed by atoms with Gasteiger partial charge in [-0.25, -0.2) is 8.78 Å². The van der Waals surface area contributed by atoms with Gasteiger partial charge in [-0.1, -0.05) is 12.1 Å². The van der Waals surface area contributed by atoms with Crippen LogP contribution in [0.4, 0.5) is 14.5 Å². The smallest absolute Gasteiger partial charge is 0.255 e. The van der Waals surface area contributed by atoms with Crippen LogP contribution in [-0.4, -0.2) is 26.6 Å². The molecule has 0 saturated heterocycles. The molecule has 0 fully saturated rings. The van der Waals surface area contributed by atoms with Crippen molar-refractivity contribution in [2.75, 3.05) is 25.0 Å². The molecule has 0 aromatic heterocycles. The van der Waals surface area contributed by atoms with Crippen LogP contribution in [0.15, 0.2) is 24.3 Å². The van der Waals surface area contributed by atoms with Crippen LogP contribution >= 0.6 is 0 Å². The molecule has 0 radical (unpaired) electrons. The quantitative estimate of drug-likeness (QED) is 0.811. The monoisotopic (exact) mass is 214 g/mol. The fourth-order valence-corrected chi connectivity index (χ4v) is 1.40. The zero-order valence-corrected chi connectivity index (χ0v) is 8.79. The summed E-state index contributed by atoms with van der Waals surface area (Å²) in [5.74, 6) is 0. The van der Waals surface area contributed by atoms with Gasteiger partial charge in [0.15, 0.2) is 0 Å². The molecule has 4 heteroatoms. The average molecular weight is 214 g/mol. The highest BCUT2D eigenvalue weighted by molar-refractivity contribution is 5.46. The molecule has 0 atom stereocenters. The fourth-order valence-electron chi connectivity index (χ4n) is 1.40. The average Bonchev–Trinajstić information content (AvgIpc) is 2.18. The highest BCUT2D eigenvalue weighted by Gasteiger charge is 2.07. The van der Waals surface area contributed by atoms with E-state index in [2.05, 4.69) is 0 Å². The number of rotatable bonds is 5. The van der Waals surface area contributed by atoms with Crippen molar-refractivity contribution in [2.24, 2.45) is 5.73 Å². The van der Waals surface area contributed by atoms with Crippen LogP contribution in [0, 0.1) is 0 Å². The molecule has 0 unspecified atom stereocenters. The molecule has 2 N–H and O–H groups in total. The van der Waals surface area contributed by atoms with E-state index < -0.39 is 6.43 Å². The molecule has 1 aromatic rings. The minimum absolute atomic E-state index is 0.240. The van der Waals surface area contributed by atoms with Crippen LogP contribution in [0.5, 0.6) is 0 Å². The molecule has 0 aliphatic heterocycles. The van der Waals surface area contributed by atoms with E-state index in [4.69, 9.17) is 5.73 Å². The number of hydrogen-bond donors (Lipinski definition) is 1. The van der Waals surface area contributed by atoms with E-state index in [0.717, 1.165) is 17.7 Å². The van der Waals surface area contributed by atoms with Gasteiger partial charge < -0.3 is 10.6 Å². The van der Waals surface area contributed by atoms with Crippen LogP contribution in [0.1, 0.15) is 5.56 Å². The summed E-state index contributed by atoms with van der Waals surface area (Å²) >= 11 is 0. The first kappa shape index (κ1) is 11.9. The maximum atomic E-state index is 12.1. The summed E-state index contributed by atoms with van der Waals surface area (Å²) in [5, 5.41) is 0. The molecular weight excluding hydrogens is 198 g/mol. The summed E-state index contributed by atoms with van der Waals surface area (Å²) in [5.41, 5.74) is 7.35. The molecule has 84 valence electrons. The zero-order valence-electron chi connectivity index (χ0n) is 8.79. The standard InChI is InChI=1S/C11H16F2N2/c1-15(8-11(12)13)10-4-2-9(3-5-10)6-7-14/h2-5,11H,6-8,14H2,1H3. The lowest BCUT2D eigenvalue weighted by atomic mass is 10.1. The lowest BCUT2D eigenvalue weighted by Gasteiger charge is -2.18. The largest absolute Gasteiger partial charge is 0.369 e. The van der Waals surface area contributed by atoms with Crippen LogP contribution < -0.4 is 10.6 Å². The number of alkyl halides is 2. The lowest BCUT2D eigenvalue weighted by molar-refractivity contribution is 0.156. The van der Waals surface area contributed by atoms with Crippen molar-refractivity contribution in [3.8, 4) is 0 Å². The van der Waals surface area contributed by atoms with Crippen molar-refractivity contribution >= 4 is 5.69 Å². The van der Waals surface area contributed by atoms with Gasteiger partial charge >= 0.3 is 0 Å². The van der Waals surface area contributed by atoms with Gasteiger partial charge in [-0.2, -0.15) is 0 Å². The van der Waals surface area contributed by atoms with Crippen molar-refractivity contribution in [1.29, 1.82) is 0 Å². The molecular formula is C11H16F2N2. The number of halogens is 2.